The van der Waals surface area contributed by atoms with Gasteiger partial charge in [0, 0.05) is 32.4 Å². The van der Waals surface area contributed by atoms with Crippen LogP contribution < -0.4 is 5.32 Å². The van der Waals surface area contributed by atoms with Crippen molar-refractivity contribution in [2.24, 2.45) is 4.99 Å². The summed E-state index contributed by atoms with van der Waals surface area (Å²) in [7, 11) is 0. The van der Waals surface area contributed by atoms with Crippen LogP contribution in [0.4, 0.5) is 0 Å². The quantitative estimate of drug-likeness (QED) is 0.487. The van der Waals surface area contributed by atoms with Crippen LogP contribution in [0.1, 0.15) is 20.8 Å². The molecule has 0 amide bonds. The van der Waals surface area contributed by atoms with Gasteiger partial charge in [-0.3, -0.25) is 0 Å². The summed E-state index contributed by atoms with van der Waals surface area (Å²) in [6, 6.07) is 0. The summed E-state index contributed by atoms with van der Waals surface area (Å²) in [5.74, 6) is 1.13. The van der Waals surface area contributed by atoms with Gasteiger partial charge in [0.2, 0.25) is 0 Å². The van der Waals surface area contributed by atoms with Crippen LogP contribution in [0.15, 0.2) is 16.8 Å². The minimum absolute atomic E-state index is 1.07. The summed E-state index contributed by atoms with van der Waals surface area (Å²) in [6.45, 7) is 10.5. The van der Waals surface area contributed by atoms with Gasteiger partial charge in [-0.2, -0.15) is 0 Å². The molecule has 0 aliphatic carbocycles. The molecule has 1 fully saturated rings. The lowest BCUT2D eigenvalue weighted by Gasteiger charge is -2.28. The molecule has 1 rings (SSSR count). The predicted molar refractivity (Wildman–Crippen MR) is 57.0 cm³/mol. The van der Waals surface area contributed by atoms with Crippen molar-refractivity contribution >= 4 is 5.84 Å². The number of piperazine rings is 1. The zero-order valence-corrected chi connectivity index (χ0v) is 8.80. The molecular weight excluding hydrogens is 162 g/mol. The summed E-state index contributed by atoms with van der Waals surface area (Å²) in [5, 5.41) is 3.32. The lowest BCUT2D eigenvalue weighted by Crippen LogP contribution is -2.45. The number of rotatable bonds is 1. The molecule has 0 aromatic rings. The third kappa shape index (κ3) is 3.59. The van der Waals surface area contributed by atoms with Crippen LogP contribution in [0.5, 0.6) is 0 Å². The van der Waals surface area contributed by atoms with Crippen LogP contribution in [0.25, 0.3) is 0 Å². The van der Waals surface area contributed by atoms with Crippen LogP contribution in [0.3, 0.4) is 0 Å². The van der Waals surface area contributed by atoms with E-state index in [1.807, 2.05) is 6.20 Å². The molecule has 0 aromatic heterocycles. The van der Waals surface area contributed by atoms with Crippen molar-refractivity contribution in [2.45, 2.75) is 20.8 Å². The van der Waals surface area contributed by atoms with E-state index in [4.69, 9.17) is 0 Å². The predicted octanol–water partition coefficient (Wildman–Crippen LogP) is 1.23. The Morgan fingerprint density at radius 1 is 1.23 bits per heavy atom. The molecule has 1 aliphatic heterocycles. The number of aliphatic imine (C=N–C) groups is 1. The Hall–Kier alpha value is -0.830. The minimum Gasteiger partial charge on any atom is -0.358 e. The first-order chi connectivity index (χ1) is 6.20. The van der Waals surface area contributed by atoms with Gasteiger partial charge in [-0.15, -0.1) is 0 Å². The highest BCUT2D eigenvalue weighted by atomic mass is 15.2. The molecule has 3 heteroatoms. The largest absolute Gasteiger partial charge is 0.358 e. The molecule has 0 aromatic carbocycles. The summed E-state index contributed by atoms with van der Waals surface area (Å²) < 4.78 is 0. The van der Waals surface area contributed by atoms with Gasteiger partial charge in [0.25, 0.3) is 0 Å². The fourth-order valence-corrected chi connectivity index (χ4v) is 1.29. The number of hydrogen-bond donors (Lipinski definition) is 1. The molecule has 0 radical (unpaired) electrons. The molecule has 0 spiro atoms. The van der Waals surface area contributed by atoms with E-state index in [0.29, 0.717) is 0 Å². The van der Waals surface area contributed by atoms with E-state index in [0.717, 1.165) is 32.0 Å². The Labute approximate surface area is 80.5 Å². The lowest BCUT2D eigenvalue weighted by atomic mass is 10.3. The van der Waals surface area contributed by atoms with Gasteiger partial charge in [0.05, 0.1) is 0 Å². The molecule has 13 heavy (non-hydrogen) atoms. The molecule has 0 atom stereocenters. The van der Waals surface area contributed by atoms with Crippen LogP contribution in [0, 0.1) is 0 Å². The molecule has 0 bridgehead atoms. The van der Waals surface area contributed by atoms with E-state index in [2.05, 4.69) is 36.0 Å². The van der Waals surface area contributed by atoms with Crippen LogP contribution >= 0.6 is 0 Å². The van der Waals surface area contributed by atoms with Crippen molar-refractivity contribution in [2.75, 3.05) is 26.2 Å². The fourth-order valence-electron chi connectivity index (χ4n) is 1.29. The Kier molecular flexibility index (Phi) is 3.96. The van der Waals surface area contributed by atoms with E-state index < -0.39 is 0 Å². The molecular formula is C10H19N3. The van der Waals surface area contributed by atoms with Gasteiger partial charge >= 0.3 is 0 Å². The summed E-state index contributed by atoms with van der Waals surface area (Å²) in [4.78, 5) is 6.72. The van der Waals surface area contributed by atoms with E-state index in [1.165, 1.54) is 5.57 Å². The minimum atomic E-state index is 1.07. The Balaban J connectivity index is 2.49. The van der Waals surface area contributed by atoms with E-state index >= 15 is 0 Å². The molecule has 0 saturated carbocycles. The lowest BCUT2D eigenvalue weighted by molar-refractivity contribution is 0.355. The molecule has 3 nitrogen and oxygen atoms in total. The van der Waals surface area contributed by atoms with Crippen molar-refractivity contribution in [3.05, 3.63) is 11.8 Å². The van der Waals surface area contributed by atoms with Crippen molar-refractivity contribution < 1.29 is 0 Å². The highest BCUT2D eigenvalue weighted by molar-refractivity contribution is 5.80. The second-order valence-electron chi connectivity index (χ2n) is 3.62. The molecule has 1 heterocycles. The number of amidine groups is 1. The van der Waals surface area contributed by atoms with E-state index in [1.54, 1.807) is 0 Å². The van der Waals surface area contributed by atoms with Gasteiger partial charge < -0.3 is 10.2 Å². The van der Waals surface area contributed by atoms with E-state index in [9.17, 15) is 0 Å². The Morgan fingerprint density at radius 3 is 2.38 bits per heavy atom. The van der Waals surface area contributed by atoms with Crippen molar-refractivity contribution in [3.8, 4) is 0 Å². The zero-order chi connectivity index (χ0) is 9.68. The maximum atomic E-state index is 4.40. The topological polar surface area (TPSA) is 27.6 Å². The highest BCUT2D eigenvalue weighted by Gasteiger charge is 2.09. The monoisotopic (exact) mass is 181 g/mol. The van der Waals surface area contributed by atoms with Crippen molar-refractivity contribution in [1.29, 1.82) is 0 Å². The standard InChI is InChI=1S/C10H19N3/c1-9(2)8-12-10(3)13-6-4-11-5-7-13/h8,11H,4-7H2,1-3H3. The average Bonchev–Trinajstić information content (AvgIpc) is 2.15. The summed E-state index contributed by atoms with van der Waals surface area (Å²) in [6.07, 6.45) is 1.93. The first kappa shape index (κ1) is 10.3. The highest BCUT2D eigenvalue weighted by Crippen LogP contribution is 1.97. The van der Waals surface area contributed by atoms with Crippen molar-refractivity contribution in [3.63, 3.8) is 0 Å². The molecule has 1 saturated heterocycles. The van der Waals surface area contributed by atoms with Gasteiger partial charge in [-0.05, 0) is 20.8 Å². The second-order valence-corrected chi connectivity index (χ2v) is 3.62. The number of allylic oxidation sites excluding steroid dienone is 1. The summed E-state index contributed by atoms with van der Waals surface area (Å²) in [5.41, 5.74) is 1.24. The summed E-state index contributed by atoms with van der Waals surface area (Å²) >= 11 is 0. The SMILES string of the molecule is CC(C)=CN=C(C)N1CCNCC1. The van der Waals surface area contributed by atoms with Crippen LogP contribution in [-0.2, 0) is 0 Å². The average molecular weight is 181 g/mol. The third-order valence-corrected chi connectivity index (χ3v) is 2.08. The van der Waals surface area contributed by atoms with Gasteiger partial charge in [0.15, 0.2) is 0 Å². The Bertz CT molecular complexity index is 208. The maximum absolute atomic E-state index is 4.40. The second kappa shape index (κ2) is 5.02. The van der Waals surface area contributed by atoms with Gasteiger partial charge in [0.1, 0.15) is 5.84 Å². The maximum Gasteiger partial charge on any atom is 0.101 e. The fraction of sp³-hybridized carbons (Fsp3) is 0.700. The third-order valence-electron chi connectivity index (χ3n) is 2.08. The molecule has 0 unspecified atom stereocenters. The van der Waals surface area contributed by atoms with Crippen LogP contribution in [0.2, 0.25) is 0 Å². The smallest absolute Gasteiger partial charge is 0.101 e. The molecule has 1 N–H and O–H groups in total. The molecule has 1 aliphatic rings. The van der Waals surface area contributed by atoms with Gasteiger partial charge in [-0.25, -0.2) is 4.99 Å². The van der Waals surface area contributed by atoms with E-state index in [-0.39, 0.29) is 0 Å². The number of nitrogens with zero attached hydrogens (tertiary/aromatic N) is 2. The molecule has 74 valence electrons. The van der Waals surface area contributed by atoms with Gasteiger partial charge in [-0.1, -0.05) is 5.57 Å². The zero-order valence-electron chi connectivity index (χ0n) is 8.80. The van der Waals surface area contributed by atoms with Crippen LogP contribution in [-0.4, -0.2) is 36.9 Å². The first-order valence-corrected chi connectivity index (χ1v) is 4.83. The van der Waals surface area contributed by atoms with Crippen molar-refractivity contribution in [1.82, 2.24) is 10.2 Å². The Morgan fingerprint density at radius 2 is 1.85 bits per heavy atom. The number of nitrogens with one attached hydrogen (secondary N) is 1. The number of hydrogen-bond acceptors (Lipinski definition) is 2. The first-order valence-electron chi connectivity index (χ1n) is 4.83. The normalized spacial score (nSPS) is 18.7.